The van der Waals surface area contributed by atoms with Crippen LogP contribution in [0.25, 0.3) is 0 Å². The van der Waals surface area contributed by atoms with Crippen molar-refractivity contribution in [2.75, 3.05) is 13.2 Å². The van der Waals surface area contributed by atoms with E-state index in [1.54, 1.807) is 6.08 Å². The Morgan fingerprint density at radius 3 is 1.27 bits per heavy atom. The van der Waals surface area contributed by atoms with Gasteiger partial charge in [0, 0.05) is 12.8 Å². The first-order valence-corrected chi connectivity index (χ1v) is 26.9. The van der Waals surface area contributed by atoms with Crippen LogP contribution >= 0.6 is 0 Å². The number of amides is 1. The Labute approximate surface area is 385 Å². The van der Waals surface area contributed by atoms with Gasteiger partial charge in [0.15, 0.2) is 0 Å². The molecule has 362 valence electrons. The second-order valence-corrected chi connectivity index (χ2v) is 18.2. The Hall–Kier alpha value is -2.18. The molecular formula is C56H103NO5. The molecule has 0 aromatic heterocycles. The van der Waals surface area contributed by atoms with Gasteiger partial charge in [-0.25, -0.2) is 0 Å². The summed E-state index contributed by atoms with van der Waals surface area (Å²) in [7, 11) is 0. The lowest BCUT2D eigenvalue weighted by Crippen LogP contribution is -2.45. The summed E-state index contributed by atoms with van der Waals surface area (Å²) in [5.74, 6) is -0.0874. The van der Waals surface area contributed by atoms with Crippen LogP contribution in [0, 0.1) is 0 Å². The van der Waals surface area contributed by atoms with Gasteiger partial charge < -0.3 is 20.3 Å². The average Bonchev–Trinajstić information content (AvgIpc) is 3.27. The highest BCUT2D eigenvalue weighted by Gasteiger charge is 2.18. The lowest BCUT2D eigenvalue weighted by molar-refractivity contribution is -0.143. The molecule has 0 aliphatic rings. The maximum atomic E-state index is 12.4. The van der Waals surface area contributed by atoms with E-state index in [1.165, 1.54) is 186 Å². The molecule has 6 nitrogen and oxygen atoms in total. The van der Waals surface area contributed by atoms with Crippen LogP contribution in [0.3, 0.4) is 0 Å². The molecule has 62 heavy (non-hydrogen) atoms. The number of aliphatic hydroxyl groups excluding tert-OH is 2. The highest BCUT2D eigenvalue weighted by atomic mass is 16.5. The van der Waals surface area contributed by atoms with Gasteiger partial charge in [-0.2, -0.15) is 0 Å². The van der Waals surface area contributed by atoms with Crippen LogP contribution in [0.1, 0.15) is 271 Å². The van der Waals surface area contributed by atoms with E-state index in [-0.39, 0.29) is 18.5 Å². The summed E-state index contributed by atoms with van der Waals surface area (Å²) >= 11 is 0. The second-order valence-electron chi connectivity index (χ2n) is 18.2. The number of unbranched alkanes of at least 4 members (excludes halogenated alkanes) is 32. The molecule has 0 rings (SSSR count). The monoisotopic (exact) mass is 870 g/mol. The zero-order valence-corrected chi connectivity index (χ0v) is 41.1. The quantitative estimate of drug-likeness (QED) is 0.0322. The molecule has 2 atom stereocenters. The number of aliphatic hydroxyl groups is 2. The van der Waals surface area contributed by atoms with Crippen molar-refractivity contribution in [1.29, 1.82) is 0 Å². The molecule has 0 saturated carbocycles. The molecule has 0 spiro atoms. The fourth-order valence-electron chi connectivity index (χ4n) is 7.89. The van der Waals surface area contributed by atoms with Gasteiger partial charge in [0.2, 0.25) is 5.91 Å². The van der Waals surface area contributed by atoms with Crippen molar-refractivity contribution >= 4 is 11.9 Å². The number of rotatable bonds is 49. The predicted molar refractivity (Wildman–Crippen MR) is 269 cm³/mol. The van der Waals surface area contributed by atoms with Gasteiger partial charge in [-0.15, -0.1) is 0 Å². The number of nitrogens with one attached hydrogen (secondary N) is 1. The molecular weight excluding hydrogens is 767 g/mol. The molecule has 0 aromatic rings. The highest BCUT2D eigenvalue weighted by molar-refractivity contribution is 5.76. The number of carbonyl (C=O) groups is 2. The zero-order valence-electron chi connectivity index (χ0n) is 41.1. The molecule has 0 aliphatic carbocycles. The van der Waals surface area contributed by atoms with Gasteiger partial charge in [0.1, 0.15) is 0 Å². The average molecular weight is 870 g/mol. The Balaban J connectivity index is 3.43. The molecule has 0 fully saturated rings. The number of ether oxygens (including phenoxy) is 1. The smallest absolute Gasteiger partial charge is 0.305 e. The normalized spacial score (nSPS) is 13.0. The first kappa shape index (κ1) is 59.8. The molecule has 3 N–H and O–H groups in total. The maximum Gasteiger partial charge on any atom is 0.305 e. The summed E-state index contributed by atoms with van der Waals surface area (Å²) in [5.41, 5.74) is 0. The summed E-state index contributed by atoms with van der Waals surface area (Å²) in [4.78, 5) is 24.4. The van der Waals surface area contributed by atoms with Crippen molar-refractivity contribution in [2.45, 2.75) is 283 Å². The lowest BCUT2D eigenvalue weighted by atomic mass is 10.0. The van der Waals surface area contributed by atoms with Gasteiger partial charge in [-0.1, -0.05) is 217 Å². The van der Waals surface area contributed by atoms with E-state index in [4.69, 9.17) is 4.74 Å². The summed E-state index contributed by atoms with van der Waals surface area (Å²) in [5, 5.41) is 22.9. The highest BCUT2D eigenvalue weighted by Crippen LogP contribution is 2.15. The largest absolute Gasteiger partial charge is 0.466 e. The number of esters is 1. The summed E-state index contributed by atoms with van der Waals surface area (Å²) in [6.45, 7) is 4.83. The van der Waals surface area contributed by atoms with Crippen molar-refractivity contribution < 1.29 is 24.5 Å². The van der Waals surface area contributed by atoms with Crippen LogP contribution < -0.4 is 5.32 Å². The van der Waals surface area contributed by atoms with Crippen molar-refractivity contribution in [1.82, 2.24) is 5.32 Å². The second kappa shape index (κ2) is 51.5. The van der Waals surface area contributed by atoms with Crippen LogP contribution in [0.5, 0.6) is 0 Å². The third kappa shape index (κ3) is 47.3. The van der Waals surface area contributed by atoms with E-state index >= 15 is 0 Å². The Kier molecular flexibility index (Phi) is 49.6. The minimum atomic E-state index is -0.848. The van der Waals surface area contributed by atoms with Gasteiger partial charge >= 0.3 is 5.97 Å². The van der Waals surface area contributed by atoms with E-state index in [2.05, 4.69) is 55.6 Å². The van der Waals surface area contributed by atoms with E-state index in [9.17, 15) is 19.8 Å². The summed E-state index contributed by atoms with van der Waals surface area (Å²) in [6.07, 6.45) is 64.1. The molecule has 2 unspecified atom stereocenters. The van der Waals surface area contributed by atoms with Crippen molar-refractivity contribution in [2.24, 2.45) is 0 Å². The van der Waals surface area contributed by atoms with E-state index in [1.807, 2.05) is 6.08 Å². The summed E-state index contributed by atoms with van der Waals surface area (Å²) < 4.78 is 5.46. The molecule has 0 bridgehead atoms. The minimum Gasteiger partial charge on any atom is -0.466 e. The Morgan fingerprint density at radius 1 is 0.452 bits per heavy atom. The fourth-order valence-corrected chi connectivity index (χ4v) is 7.89. The van der Waals surface area contributed by atoms with Crippen LogP contribution in [-0.2, 0) is 14.3 Å². The molecule has 6 heteroatoms. The van der Waals surface area contributed by atoms with Crippen molar-refractivity contribution in [3.05, 3.63) is 48.6 Å². The molecule has 0 aromatic carbocycles. The first-order chi connectivity index (χ1) is 30.5. The third-order valence-electron chi connectivity index (χ3n) is 12.1. The Bertz CT molecular complexity index is 1050. The van der Waals surface area contributed by atoms with Crippen LogP contribution in [-0.4, -0.2) is 47.4 Å². The predicted octanol–water partition coefficient (Wildman–Crippen LogP) is 16.2. The molecule has 0 saturated heterocycles. The molecule has 0 aliphatic heterocycles. The number of allylic oxidation sites excluding steroid dienone is 7. The van der Waals surface area contributed by atoms with Crippen molar-refractivity contribution in [3.63, 3.8) is 0 Å². The first-order valence-electron chi connectivity index (χ1n) is 26.9. The van der Waals surface area contributed by atoms with Gasteiger partial charge in [0.05, 0.1) is 25.4 Å². The number of hydrogen-bond donors (Lipinski definition) is 3. The number of carbonyl (C=O) groups excluding carboxylic acids is 2. The maximum absolute atomic E-state index is 12.4. The molecule has 1 amide bonds. The van der Waals surface area contributed by atoms with E-state index in [0.29, 0.717) is 19.4 Å². The Morgan fingerprint density at radius 2 is 0.806 bits per heavy atom. The minimum absolute atomic E-state index is 0.00748. The van der Waals surface area contributed by atoms with Gasteiger partial charge in [0.25, 0.3) is 0 Å². The van der Waals surface area contributed by atoms with E-state index < -0.39 is 12.1 Å². The van der Waals surface area contributed by atoms with Crippen LogP contribution in [0.2, 0.25) is 0 Å². The molecule has 0 heterocycles. The van der Waals surface area contributed by atoms with Gasteiger partial charge in [-0.3, -0.25) is 9.59 Å². The molecule has 0 radical (unpaired) electrons. The van der Waals surface area contributed by atoms with Crippen LogP contribution in [0.4, 0.5) is 0 Å². The zero-order chi connectivity index (χ0) is 45.1. The van der Waals surface area contributed by atoms with Crippen LogP contribution in [0.15, 0.2) is 48.6 Å². The standard InChI is InChI=1S/C56H103NO5/c1-3-5-7-9-11-13-14-15-23-27-30-34-38-42-46-50-56(61)62-51-47-43-39-35-31-28-25-22-20-18-16-17-19-21-24-26-29-33-37-41-45-49-55(60)57-53(52-58)54(59)48-44-40-36-32-12-10-8-6-4-2/h11,13,15,17,19,23,44,48,53-54,58-59H,3-10,12,14,16,18,20-22,24-43,45-47,49-52H2,1-2H3,(H,57,60)/b13-11-,19-17-,23-15-,48-44+. The van der Waals surface area contributed by atoms with Gasteiger partial charge in [-0.05, 0) is 89.9 Å². The number of hydrogen-bond acceptors (Lipinski definition) is 5. The fraction of sp³-hybridized carbons (Fsp3) is 0.821. The summed E-state index contributed by atoms with van der Waals surface area (Å²) in [6, 6.07) is -0.632. The van der Waals surface area contributed by atoms with Crippen molar-refractivity contribution in [3.8, 4) is 0 Å². The third-order valence-corrected chi connectivity index (χ3v) is 12.1. The van der Waals surface area contributed by atoms with E-state index in [0.717, 1.165) is 57.8 Å². The topological polar surface area (TPSA) is 95.9 Å². The lowest BCUT2D eigenvalue weighted by Gasteiger charge is -2.20. The SMILES string of the molecule is CCCCC/C=C\C/C=C\CCCCCCCC(=O)OCCCCCCCCCCCC/C=C\CCCCCCCCCC(=O)NC(CO)C(O)/C=C/CCCCCCCCC.